The fourth-order valence-electron chi connectivity index (χ4n) is 4.07. The Balaban J connectivity index is 1.63. The zero-order valence-corrected chi connectivity index (χ0v) is 18.7. The minimum Gasteiger partial charge on any atom is -0.339 e. The third-order valence-corrected chi connectivity index (χ3v) is 7.73. The van der Waals surface area contributed by atoms with Crippen LogP contribution >= 0.6 is 23.5 Å². The number of piperidine rings is 1. The zero-order valence-electron chi connectivity index (χ0n) is 17.0. The fourth-order valence-corrected chi connectivity index (χ4v) is 6.01. The van der Waals surface area contributed by atoms with Crippen LogP contribution in [-0.4, -0.2) is 44.5 Å². The molecule has 0 saturated carbocycles. The van der Waals surface area contributed by atoms with Crippen molar-refractivity contribution in [3.63, 3.8) is 0 Å². The zero-order chi connectivity index (χ0) is 20.4. The maximum absolute atomic E-state index is 13.2. The number of aromatic nitrogens is 2. The summed E-state index contributed by atoms with van der Waals surface area (Å²) in [6.45, 7) is 5.02. The van der Waals surface area contributed by atoms with Crippen molar-refractivity contribution >= 4 is 29.4 Å². The normalized spacial score (nSPS) is 18.7. The summed E-state index contributed by atoms with van der Waals surface area (Å²) in [6.07, 6.45) is 5.19. The number of likely N-dealkylation sites (tertiary alicyclic amines) is 1. The van der Waals surface area contributed by atoms with E-state index in [0.29, 0.717) is 17.0 Å². The van der Waals surface area contributed by atoms with E-state index in [2.05, 4.69) is 6.92 Å². The summed E-state index contributed by atoms with van der Waals surface area (Å²) in [5.41, 5.74) is 2.82. The largest absolute Gasteiger partial charge is 0.339 e. The van der Waals surface area contributed by atoms with Gasteiger partial charge in [-0.15, -0.1) is 11.8 Å². The molecule has 0 unspecified atom stereocenters. The van der Waals surface area contributed by atoms with E-state index >= 15 is 0 Å². The van der Waals surface area contributed by atoms with E-state index < -0.39 is 0 Å². The van der Waals surface area contributed by atoms with Gasteiger partial charge in [-0.2, -0.15) is 0 Å². The van der Waals surface area contributed by atoms with E-state index in [9.17, 15) is 9.59 Å². The molecule has 0 bridgehead atoms. The standard InChI is InChI=1S/C22H27N3O2S2/c1-3-16-6-4-5-12-24(16)19(26)14-29-22-23-18-11-13-28-20(18)21(27)25(22)17-9-7-15(2)8-10-17/h7-10,16H,3-6,11-14H2,1-2H3/t16-/m1/s1. The molecule has 2 aliphatic rings. The molecule has 0 radical (unpaired) electrons. The van der Waals surface area contributed by atoms with Gasteiger partial charge in [0.15, 0.2) is 5.16 Å². The number of fused-ring (bicyclic) bond motifs is 1. The first-order valence-electron chi connectivity index (χ1n) is 10.4. The van der Waals surface area contributed by atoms with Gasteiger partial charge in [-0.1, -0.05) is 36.4 Å². The smallest absolute Gasteiger partial charge is 0.272 e. The van der Waals surface area contributed by atoms with Crippen LogP contribution in [0.25, 0.3) is 5.69 Å². The summed E-state index contributed by atoms with van der Waals surface area (Å²) < 4.78 is 1.68. The summed E-state index contributed by atoms with van der Waals surface area (Å²) >= 11 is 2.98. The Bertz CT molecular complexity index is 956. The van der Waals surface area contributed by atoms with Gasteiger partial charge in [-0.25, -0.2) is 4.98 Å². The Morgan fingerprint density at radius 1 is 1.28 bits per heavy atom. The van der Waals surface area contributed by atoms with Gasteiger partial charge in [0.25, 0.3) is 5.56 Å². The lowest BCUT2D eigenvalue weighted by Gasteiger charge is -2.35. The molecule has 1 aromatic carbocycles. The first-order valence-corrected chi connectivity index (χ1v) is 12.3. The monoisotopic (exact) mass is 429 g/mol. The Labute approximate surface area is 180 Å². The van der Waals surface area contributed by atoms with Crippen molar-refractivity contribution in [3.05, 3.63) is 45.9 Å². The molecule has 1 saturated heterocycles. The Morgan fingerprint density at radius 3 is 2.83 bits per heavy atom. The molecule has 5 nitrogen and oxygen atoms in total. The summed E-state index contributed by atoms with van der Waals surface area (Å²) in [7, 11) is 0. The third kappa shape index (κ3) is 4.26. The maximum atomic E-state index is 13.2. The first kappa shape index (κ1) is 20.5. The molecule has 1 aromatic heterocycles. The van der Waals surface area contributed by atoms with E-state index in [4.69, 9.17) is 4.98 Å². The first-order chi connectivity index (χ1) is 14.1. The number of thioether (sulfide) groups is 2. The second-order valence-electron chi connectivity index (χ2n) is 7.68. The maximum Gasteiger partial charge on any atom is 0.272 e. The number of hydrogen-bond donors (Lipinski definition) is 0. The average molecular weight is 430 g/mol. The molecular formula is C22H27N3O2S2. The predicted octanol–water partition coefficient (Wildman–Crippen LogP) is 4.07. The third-order valence-electron chi connectivity index (χ3n) is 5.70. The van der Waals surface area contributed by atoms with Crippen molar-refractivity contribution in [2.24, 2.45) is 0 Å². The number of carbonyl (C=O) groups is 1. The van der Waals surface area contributed by atoms with Crippen LogP contribution in [0.1, 0.15) is 43.9 Å². The molecular weight excluding hydrogens is 402 g/mol. The van der Waals surface area contributed by atoms with Crippen LogP contribution in [0.5, 0.6) is 0 Å². The number of amides is 1. The molecule has 1 fully saturated rings. The van der Waals surface area contributed by atoms with Gasteiger partial charge in [0.2, 0.25) is 5.91 Å². The van der Waals surface area contributed by atoms with Crippen LogP contribution in [0.3, 0.4) is 0 Å². The van der Waals surface area contributed by atoms with Gasteiger partial charge in [-0.3, -0.25) is 14.2 Å². The Kier molecular flexibility index (Phi) is 6.35. The van der Waals surface area contributed by atoms with Crippen molar-refractivity contribution in [1.29, 1.82) is 0 Å². The number of aryl methyl sites for hydroxylation is 2. The highest BCUT2D eigenvalue weighted by molar-refractivity contribution is 8.00. The van der Waals surface area contributed by atoms with E-state index in [1.807, 2.05) is 36.1 Å². The van der Waals surface area contributed by atoms with Crippen molar-refractivity contribution in [2.45, 2.75) is 62.0 Å². The van der Waals surface area contributed by atoms with Gasteiger partial charge in [0.1, 0.15) is 0 Å². The van der Waals surface area contributed by atoms with Gasteiger partial charge in [0.05, 0.1) is 22.0 Å². The van der Waals surface area contributed by atoms with Crippen LogP contribution in [0, 0.1) is 6.92 Å². The van der Waals surface area contributed by atoms with Crippen LogP contribution < -0.4 is 5.56 Å². The van der Waals surface area contributed by atoms with Crippen molar-refractivity contribution < 1.29 is 4.79 Å². The summed E-state index contributed by atoms with van der Waals surface area (Å²) in [5, 5.41) is 0.624. The van der Waals surface area contributed by atoms with Crippen LogP contribution in [0.15, 0.2) is 39.1 Å². The predicted molar refractivity (Wildman–Crippen MR) is 119 cm³/mol. The van der Waals surface area contributed by atoms with Crippen LogP contribution in [0.4, 0.5) is 0 Å². The number of nitrogens with zero attached hydrogens (tertiary/aromatic N) is 3. The molecule has 1 atom stereocenters. The number of benzene rings is 1. The van der Waals surface area contributed by atoms with Gasteiger partial charge in [0, 0.05) is 24.8 Å². The highest BCUT2D eigenvalue weighted by Gasteiger charge is 2.27. The second kappa shape index (κ2) is 8.96. The molecule has 0 spiro atoms. The molecule has 29 heavy (non-hydrogen) atoms. The number of carbonyl (C=O) groups excluding carboxylic acids is 1. The average Bonchev–Trinajstić information content (AvgIpc) is 3.22. The summed E-state index contributed by atoms with van der Waals surface area (Å²) in [4.78, 5) is 33.7. The minimum atomic E-state index is -0.0132. The lowest BCUT2D eigenvalue weighted by atomic mass is 10.0. The fraction of sp³-hybridized carbons (Fsp3) is 0.500. The Hall–Kier alpha value is -1.73. The lowest BCUT2D eigenvalue weighted by Crippen LogP contribution is -2.44. The van der Waals surface area contributed by atoms with Gasteiger partial charge in [-0.05, 0) is 44.7 Å². The van der Waals surface area contributed by atoms with Crippen molar-refractivity contribution in [2.75, 3.05) is 18.1 Å². The molecule has 7 heteroatoms. The highest BCUT2D eigenvalue weighted by atomic mass is 32.2. The summed E-state index contributed by atoms with van der Waals surface area (Å²) in [6, 6.07) is 8.26. The van der Waals surface area contributed by atoms with E-state index in [1.165, 1.54) is 18.2 Å². The lowest BCUT2D eigenvalue weighted by molar-refractivity contribution is -0.132. The van der Waals surface area contributed by atoms with Crippen molar-refractivity contribution in [3.8, 4) is 5.69 Å². The molecule has 4 rings (SSSR count). The van der Waals surface area contributed by atoms with E-state index in [0.717, 1.165) is 59.8 Å². The number of hydrogen-bond acceptors (Lipinski definition) is 5. The van der Waals surface area contributed by atoms with Crippen molar-refractivity contribution in [1.82, 2.24) is 14.5 Å². The SMILES string of the molecule is CC[C@@H]1CCCCN1C(=O)CSc1nc2c(c(=O)n1-c1ccc(C)cc1)SCC2. The second-order valence-corrected chi connectivity index (χ2v) is 9.73. The van der Waals surface area contributed by atoms with Gasteiger partial charge < -0.3 is 4.90 Å². The molecule has 0 aliphatic carbocycles. The highest BCUT2D eigenvalue weighted by Crippen LogP contribution is 2.30. The minimum absolute atomic E-state index is 0.0132. The van der Waals surface area contributed by atoms with Crippen LogP contribution in [0.2, 0.25) is 0 Å². The molecule has 2 aliphatic heterocycles. The molecule has 1 amide bonds. The van der Waals surface area contributed by atoms with Crippen LogP contribution in [-0.2, 0) is 11.2 Å². The topological polar surface area (TPSA) is 55.2 Å². The van der Waals surface area contributed by atoms with E-state index in [-0.39, 0.29) is 11.5 Å². The quantitative estimate of drug-likeness (QED) is 0.530. The molecule has 154 valence electrons. The molecule has 0 N–H and O–H groups in total. The molecule has 3 heterocycles. The Morgan fingerprint density at radius 2 is 2.07 bits per heavy atom. The van der Waals surface area contributed by atoms with Gasteiger partial charge >= 0.3 is 0 Å². The molecule has 2 aromatic rings. The number of rotatable bonds is 5. The summed E-state index contributed by atoms with van der Waals surface area (Å²) in [5.74, 6) is 1.37. The van der Waals surface area contributed by atoms with E-state index in [1.54, 1.807) is 16.3 Å².